The Morgan fingerprint density at radius 2 is 1.84 bits per heavy atom. The molecule has 164 valence electrons. The molecule has 4 rings (SSSR count). The molecule has 2 aromatic heterocycles. The molecule has 0 saturated heterocycles. The molecule has 0 atom stereocenters. The van der Waals surface area contributed by atoms with Crippen LogP contribution in [0, 0.1) is 0 Å². The summed E-state index contributed by atoms with van der Waals surface area (Å²) in [6, 6.07) is 17.8. The van der Waals surface area contributed by atoms with E-state index >= 15 is 0 Å². The van der Waals surface area contributed by atoms with Gasteiger partial charge >= 0.3 is 0 Å². The molecule has 4 aromatic rings. The van der Waals surface area contributed by atoms with E-state index < -0.39 is 9.84 Å². The Kier molecular flexibility index (Phi) is 6.34. The number of hydrogen-bond donors (Lipinski definition) is 0. The predicted molar refractivity (Wildman–Crippen MR) is 128 cm³/mol. The number of hydrogen-bond acceptors (Lipinski definition) is 6. The number of anilines is 1. The lowest BCUT2D eigenvalue weighted by molar-refractivity contribution is 0.0984. The van der Waals surface area contributed by atoms with Crippen molar-refractivity contribution in [3.8, 4) is 0 Å². The van der Waals surface area contributed by atoms with Gasteiger partial charge in [-0.25, -0.2) is 13.4 Å². The highest BCUT2D eigenvalue weighted by Gasteiger charge is 2.24. The molecule has 2 heterocycles. The van der Waals surface area contributed by atoms with Gasteiger partial charge in [0.2, 0.25) is 0 Å². The van der Waals surface area contributed by atoms with Crippen LogP contribution < -0.4 is 4.90 Å². The molecule has 6 nitrogen and oxygen atoms in total. The fraction of sp³-hybridized carbons (Fsp3) is 0.208. The van der Waals surface area contributed by atoms with Gasteiger partial charge in [0.25, 0.3) is 5.91 Å². The number of sulfone groups is 1. The molecule has 0 spiro atoms. The standard InChI is InChI=1S/C24H23N3O3S2/c1-3-17-9-8-13-21-22(17)26-24(31-21)27(16-19-11-5-6-14-25-19)23(28)18-10-7-12-20(15-18)32(29,30)4-2/h5-15H,3-4,16H2,1-2H3. The number of pyridine rings is 1. The van der Waals surface area contributed by atoms with Crippen molar-refractivity contribution in [3.05, 3.63) is 83.7 Å². The molecular weight excluding hydrogens is 442 g/mol. The van der Waals surface area contributed by atoms with E-state index in [4.69, 9.17) is 4.98 Å². The van der Waals surface area contributed by atoms with Crippen LogP contribution in [-0.2, 0) is 22.8 Å². The smallest absolute Gasteiger partial charge is 0.260 e. The average molecular weight is 466 g/mol. The van der Waals surface area contributed by atoms with E-state index in [0.29, 0.717) is 16.4 Å². The highest BCUT2D eigenvalue weighted by atomic mass is 32.2. The van der Waals surface area contributed by atoms with Gasteiger partial charge in [0, 0.05) is 11.8 Å². The van der Waals surface area contributed by atoms with Gasteiger partial charge in [0.05, 0.1) is 33.1 Å². The number of aryl methyl sites for hydroxylation is 1. The van der Waals surface area contributed by atoms with E-state index in [0.717, 1.165) is 22.2 Å². The quantitative estimate of drug-likeness (QED) is 0.388. The number of nitrogens with zero attached hydrogens (tertiary/aromatic N) is 3. The van der Waals surface area contributed by atoms with Crippen molar-refractivity contribution >= 4 is 42.4 Å². The predicted octanol–water partition coefficient (Wildman–Crippen LogP) is 4.89. The number of rotatable bonds is 7. The van der Waals surface area contributed by atoms with E-state index in [-0.39, 0.29) is 23.1 Å². The molecule has 1 amide bonds. The molecule has 0 fully saturated rings. The molecule has 0 N–H and O–H groups in total. The summed E-state index contributed by atoms with van der Waals surface area (Å²) in [5.41, 5.74) is 3.01. The first kappa shape index (κ1) is 22.1. The van der Waals surface area contributed by atoms with Crippen LogP contribution in [0.1, 0.15) is 35.5 Å². The summed E-state index contributed by atoms with van der Waals surface area (Å²) in [5, 5.41) is 0.556. The molecule has 0 saturated carbocycles. The molecule has 8 heteroatoms. The lowest BCUT2D eigenvalue weighted by atomic mass is 10.1. The van der Waals surface area contributed by atoms with Crippen LogP contribution in [0.5, 0.6) is 0 Å². The van der Waals surface area contributed by atoms with Crippen LogP contribution in [0.4, 0.5) is 5.13 Å². The highest BCUT2D eigenvalue weighted by Crippen LogP contribution is 2.32. The summed E-state index contributed by atoms with van der Waals surface area (Å²) in [4.78, 5) is 24.5. The summed E-state index contributed by atoms with van der Waals surface area (Å²) in [6.07, 6.45) is 2.52. The molecule has 0 aliphatic heterocycles. The normalized spacial score (nSPS) is 11.6. The van der Waals surface area contributed by atoms with E-state index in [9.17, 15) is 13.2 Å². The maximum atomic E-state index is 13.6. The Hall–Kier alpha value is -3.10. The Labute approximate surface area is 191 Å². The van der Waals surface area contributed by atoms with Gasteiger partial charge in [-0.2, -0.15) is 0 Å². The number of carbonyl (C=O) groups excluding carboxylic acids is 1. The lowest BCUT2D eigenvalue weighted by Gasteiger charge is -2.20. The van der Waals surface area contributed by atoms with Crippen molar-refractivity contribution in [2.45, 2.75) is 31.7 Å². The third-order valence-electron chi connectivity index (χ3n) is 5.21. The first-order chi connectivity index (χ1) is 15.4. The number of fused-ring (bicyclic) bond motifs is 1. The maximum absolute atomic E-state index is 13.6. The second kappa shape index (κ2) is 9.18. The average Bonchev–Trinajstić information content (AvgIpc) is 3.27. The van der Waals surface area contributed by atoms with Crippen LogP contribution in [0.15, 0.2) is 71.8 Å². The van der Waals surface area contributed by atoms with Gasteiger partial charge in [-0.3, -0.25) is 14.7 Å². The van der Waals surface area contributed by atoms with Gasteiger partial charge in [-0.15, -0.1) is 0 Å². The summed E-state index contributed by atoms with van der Waals surface area (Å²) >= 11 is 1.44. The third-order valence-corrected chi connectivity index (χ3v) is 7.99. The molecule has 0 aliphatic carbocycles. The fourth-order valence-electron chi connectivity index (χ4n) is 3.42. The molecular formula is C24H23N3O3S2. The zero-order valence-corrected chi connectivity index (χ0v) is 19.5. The Morgan fingerprint density at radius 3 is 2.56 bits per heavy atom. The number of benzene rings is 2. The summed E-state index contributed by atoms with van der Waals surface area (Å²) in [5.74, 6) is -0.346. The van der Waals surface area contributed by atoms with Crippen LogP contribution in [0.3, 0.4) is 0 Å². The van der Waals surface area contributed by atoms with Crippen LogP contribution in [0.25, 0.3) is 10.2 Å². The first-order valence-corrected chi connectivity index (χ1v) is 12.8. The molecule has 32 heavy (non-hydrogen) atoms. The second-order valence-corrected chi connectivity index (χ2v) is 10.5. The zero-order valence-electron chi connectivity index (χ0n) is 17.9. The minimum Gasteiger partial charge on any atom is -0.278 e. The highest BCUT2D eigenvalue weighted by molar-refractivity contribution is 7.91. The number of carbonyl (C=O) groups is 1. The van der Waals surface area contributed by atoms with Gasteiger partial charge < -0.3 is 0 Å². The molecule has 2 aromatic carbocycles. The monoisotopic (exact) mass is 465 g/mol. The molecule has 0 unspecified atom stereocenters. The summed E-state index contributed by atoms with van der Waals surface area (Å²) in [7, 11) is -3.43. The summed E-state index contributed by atoms with van der Waals surface area (Å²) in [6.45, 7) is 3.89. The van der Waals surface area contributed by atoms with E-state index in [2.05, 4.69) is 11.9 Å². The zero-order chi connectivity index (χ0) is 22.7. The lowest BCUT2D eigenvalue weighted by Crippen LogP contribution is -2.30. The number of thiazole rings is 1. The second-order valence-electron chi connectivity index (χ2n) is 7.26. The summed E-state index contributed by atoms with van der Waals surface area (Å²) < 4.78 is 25.7. The fourth-order valence-corrected chi connectivity index (χ4v) is 5.36. The molecule has 0 radical (unpaired) electrons. The van der Waals surface area contributed by atoms with Crippen molar-refractivity contribution in [1.29, 1.82) is 0 Å². The van der Waals surface area contributed by atoms with E-state index in [1.54, 1.807) is 30.2 Å². The topological polar surface area (TPSA) is 80.2 Å². The molecule has 0 aliphatic rings. The number of amides is 1. The van der Waals surface area contributed by atoms with E-state index in [1.165, 1.54) is 23.5 Å². The van der Waals surface area contributed by atoms with Crippen molar-refractivity contribution in [3.63, 3.8) is 0 Å². The van der Waals surface area contributed by atoms with Gasteiger partial charge in [0.1, 0.15) is 0 Å². The van der Waals surface area contributed by atoms with Crippen LogP contribution in [0.2, 0.25) is 0 Å². The number of para-hydroxylation sites is 1. The van der Waals surface area contributed by atoms with Crippen molar-refractivity contribution < 1.29 is 13.2 Å². The Morgan fingerprint density at radius 1 is 1.03 bits per heavy atom. The van der Waals surface area contributed by atoms with E-state index in [1.807, 2.05) is 36.4 Å². The third kappa shape index (κ3) is 4.42. The van der Waals surface area contributed by atoms with Gasteiger partial charge in [-0.1, -0.05) is 49.4 Å². The van der Waals surface area contributed by atoms with Crippen molar-refractivity contribution in [2.75, 3.05) is 10.7 Å². The van der Waals surface area contributed by atoms with Crippen molar-refractivity contribution in [2.24, 2.45) is 0 Å². The molecule has 0 bridgehead atoms. The van der Waals surface area contributed by atoms with Gasteiger partial charge in [-0.05, 0) is 48.4 Å². The Bertz CT molecular complexity index is 1370. The number of aromatic nitrogens is 2. The van der Waals surface area contributed by atoms with Crippen LogP contribution >= 0.6 is 11.3 Å². The van der Waals surface area contributed by atoms with Gasteiger partial charge in [0.15, 0.2) is 15.0 Å². The van der Waals surface area contributed by atoms with Crippen LogP contribution in [-0.4, -0.2) is 30.0 Å². The Balaban J connectivity index is 1.80. The largest absolute Gasteiger partial charge is 0.278 e. The first-order valence-electron chi connectivity index (χ1n) is 10.4. The van der Waals surface area contributed by atoms with Crippen molar-refractivity contribution in [1.82, 2.24) is 9.97 Å². The SMILES string of the molecule is CCc1cccc2sc(N(Cc3ccccn3)C(=O)c3cccc(S(=O)(=O)CC)c3)nc12. The minimum absolute atomic E-state index is 0.0278. The maximum Gasteiger partial charge on any atom is 0.260 e. The minimum atomic E-state index is -3.43.